The molecule has 1 aliphatic heterocycles. The number of carbonyl (C=O) groups is 1. The van der Waals surface area contributed by atoms with Gasteiger partial charge in [-0.25, -0.2) is 24.4 Å². The fourth-order valence-electron chi connectivity index (χ4n) is 3.40. The molecular weight excluding hydrogens is 376 g/mol. The quantitative estimate of drug-likeness (QED) is 0.522. The number of likely N-dealkylation sites (tertiary alicyclic amines) is 1. The van der Waals surface area contributed by atoms with Gasteiger partial charge in [-0.2, -0.15) is 5.10 Å². The van der Waals surface area contributed by atoms with Crippen LogP contribution < -0.4 is 5.69 Å². The molecular formula is C19H20N6O2S. The highest BCUT2D eigenvalue weighted by atomic mass is 32.2. The molecule has 28 heavy (non-hydrogen) atoms. The van der Waals surface area contributed by atoms with E-state index in [0.29, 0.717) is 29.8 Å². The first-order valence-electron chi connectivity index (χ1n) is 9.12. The third kappa shape index (κ3) is 3.99. The number of nitrogens with zero attached hydrogens (tertiary/aromatic N) is 5. The molecule has 1 amide bonds. The van der Waals surface area contributed by atoms with Crippen LogP contribution in [0.15, 0.2) is 58.7 Å². The number of thioether (sulfide) groups is 1. The molecule has 144 valence electrons. The van der Waals surface area contributed by atoms with Crippen molar-refractivity contribution in [1.82, 2.24) is 29.6 Å². The van der Waals surface area contributed by atoms with Gasteiger partial charge >= 0.3 is 5.69 Å². The van der Waals surface area contributed by atoms with Crippen molar-refractivity contribution < 1.29 is 4.79 Å². The number of H-pyrrole nitrogens is 1. The monoisotopic (exact) mass is 396 g/mol. The second-order valence-electron chi connectivity index (χ2n) is 6.56. The summed E-state index contributed by atoms with van der Waals surface area (Å²) >= 11 is 1.33. The number of benzene rings is 1. The molecule has 9 heteroatoms. The average molecular weight is 396 g/mol. The van der Waals surface area contributed by atoms with Gasteiger partial charge in [0.2, 0.25) is 5.91 Å². The summed E-state index contributed by atoms with van der Waals surface area (Å²) in [6, 6.07) is 11.2. The minimum Gasteiger partial charge on any atom is -0.341 e. The van der Waals surface area contributed by atoms with E-state index in [9.17, 15) is 9.59 Å². The minimum atomic E-state index is -0.263. The molecule has 2 aromatic heterocycles. The third-order valence-corrected chi connectivity index (χ3v) is 5.58. The second kappa shape index (κ2) is 8.39. The van der Waals surface area contributed by atoms with Crippen LogP contribution >= 0.6 is 11.8 Å². The number of nitrogens with one attached hydrogen (secondary N) is 1. The zero-order valence-corrected chi connectivity index (χ0v) is 16.0. The van der Waals surface area contributed by atoms with Crippen LogP contribution in [0.25, 0.3) is 5.69 Å². The van der Waals surface area contributed by atoms with E-state index in [-0.39, 0.29) is 17.5 Å². The van der Waals surface area contributed by atoms with E-state index in [2.05, 4.69) is 20.2 Å². The topological polar surface area (TPSA) is 96.8 Å². The molecule has 1 N–H and O–H groups in total. The molecule has 4 rings (SSSR count). The Hall–Kier alpha value is -2.94. The van der Waals surface area contributed by atoms with Crippen LogP contribution in [0.2, 0.25) is 0 Å². The summed E-state index contributed by atoms with van der Waals surface area (Å²) in [5.41, 5.74) is 0.512. The standard InChI is InChI=1S/C19H20N6O2S/c26-16(13-28-18-20-9-5-10-21-18)24-11-4-6-14(12-24)17-22-23-19(27)25(17)15-7-2-1-3-8-15/h1-3,5,7-10,14H,4,6,11-13H2,(H,23,27)/t14-/m1/s1. The number of para-hydroxylation sites is 1. The van der Waals surface area contributed by atoms with Gasteiger partial charge in [0.25, 0.3) is 0 Å². The lowest BCUT2D eigenvalue weighted by atomic mass is 9.97. The number of amides is 1. The summed E-state index contributed by atoms with van der Waals surface area (Å²) in [5.74, 6) is 1.02. The normalized spacial score (nSPS) is 16.9. The largest absolute Gasteiger partial charge is 0.347 e. The lowest BCUT2D eigenvalue weighted by molar-refractivity contribution is -0.129. The molecule has 0 saturated carbocycles. The van der Waals surface area contributed by atoms with E-state index in [1.54, 1.807) is 23.0 Å². The molecule has 1 fully saturated rings. The Morgan fingerprint density at radius 3 is 2.75 bits per heavy atom. The van der Waals surface area contributed by atoms with E-state index < -0.39 is 0 Å². The first-order chi connectivity index (χ1) is 13.7. The minimum absolute atomic E-state index is 0.00910. The van der Waals surface area contributed by atoms with Crippen LogP contribution in [-0.2, 0) is 4.79 Å². The number of hydrogen-bond donors (Lipinski definition) is 1. The predicted octanol–water partition coefficient (Wildman–Crippen LogP) is 1.85. The van der Waals surface area contributed by atoms with Crippen molar-refractivity contribution in [1.29, 1.82) is 0 Å². The smallest absolute Gasteiger partial charge is 0.341 e. The highest BCUT2D eigenvalue weighted by Gasteiger charge is 2.29. The summed E-state index contributed by atoms with van der Waals surface area (Å²) in [6.07, 6.45) is 5.09. The lowest BCUT2D eigenvalue weighted by Gasteiger charge is -2.32. The van der Waals surface area contributed by atoms with Gasteiger partial charge < -0.3 is 4.90 Å². The molecule has 1 saturated heterocycles. The van der Waals surface area contributed by atoms with E-state index >= 15 is 0 Å². The Morgan fingerprint density at radius 1 is 1.18 bits per heavy atom. The highest BCUT2D eigenvalue weighted by molar-refractivity contribution is 7.99. The fraction of sp³-hybridized carbons (Fsp3) is 0.316. The molecule has 1 aliphatic rings. The van der Waals surface area contributed by atoms with Crippen molar-refractivity contribution in [2.75, 3.05) is 18.8 Å². The van der Waals surface area contributed by atoms with Gasteiger partial charge in [-0.3, -0.25) is 4.79 Å². The van der Waals surface area contributed by atoms with Crippen molar-refractivity contribution in [3.8, 4) is 5.69 Å². The maximum atomic E-state index is 12.7. The molecule has 1 aromatic carbocycles. The van der Waals surface area contributed by atoms with E-state index in [1.807, 2.05) is 35.2 Å². The summed E-state index contributed by atoms with van der Waals surface area (Å²) in [7, 11) is 0. The number of aromatic amines is 1. The molecule has 1 atom stereocenters. The highest BCUT2D eigenvalue weighted by Crippen LogP contribution is 2.27. The summed E-state index contributed by atoms with van der Waals surface area (Å²) in [4.78, 5) is 35.1. The summed E-state index contributed by atoms with van der Waals surface area (Å²) < 4.78 is 1.60. The maximum absolute atomic E-state index is 12.7. The fourth-order valence-corrected chi connectivity index (χ4v) is 4.11. The molecule has 0 radical (unpaired) electrons. The molecule has 0 bridgehead atoms. The van der Waals surface area contributed by atoms with Crippen molar-refractivity contribution in [2.45, 2.75) is 23.9 Å². The van der Waals surface area contributed by atoms with Gasteiger partial charge in [-0.05, 0) is 31.0 Å². The van der Waals surface area contributed by atoms with Crippen LogP contribution in [0.4, 0.5) is 0 Å². The lowest BCUT2D eigenvalue weighted by Crippen LogP contribution is -2.41. The Bertz CT molecular complexity index is 988. The Labute approximate surface area is 166 Å². The SMILES string of the molecule is O=C(CSc1ncccn1)N1CCC[C@@H](c2n[nH]c(=O)n2-c2ccccc2)C1. The zero-order chi connectivity index (χ0) is 19.3. The van der Waals surface area contributed by atoms with Gasteiger partial charge in [0.15, 0.2) is 5.16 Å². The Kier molecular flexibility index (Phi) is 5.52. The first kappa shape index (κ1) is 18.4. The van der Waals surface area contributed by atoms with Gasteiger partial charge in [0.1, 0.15) is 5.82 Å². The van der Waals surface area contributed by atoms with E-state index in [0.717, 1.165) is 18.5 Å². The summed E-state index contributed by atoms with van der Waals surface area (Å²) in [5, 5.41) is 7.41. The molecule has 0 aliphatic carbocycles. The predicted molar refractivity (Wildman–Crippen MR) is 105 cm³/mol. The third-order valence-electron chi connectivity index (χ3n) is 4.72. The Morgan fingerprint density at radius 2 is 1.96 bits per heavy atom. The molecule has 3 aromatic rings. The number of rotatable bonds is 5. The van der Waals surface area contributed by atoms with Gasteiger partial charge in [-0.1, -0.05) is 30.0 Å². The Balaban J connectivity index is 1.47. The maximum Gasteiger partial charge on any atom is 0.347 e. The molecule has 0 spiro atoms. The van der Waals surface area contributed by atoms with E-state index in [1.165, 1.54) is 11.8 Å². The molecule has 0 unspecified atom stereocenters. The van der Waals surface area contributed by atoms with Gasteiger partial charge in [0, 0.05) is 31.4 Å². The van der Waals surface area contributed by atoms with Crippen LogP contribution in [0.1, 0.15) is 24.6 Å². The van der Waals surface area contributed by atoms with Crippen molar-refractivity contribution >= 4 is 17.7 Å². The molecule has 8 nitrogen and oxygen atoms in total. The van der Waals surface area contributed by atoms with E-state index in [4.69, 9.17) is 0 Å². The first-order valence-corrected chi connectivity index (χ1v) is 10.1. The zero-order valence-electron chi connectivity index (χ0n) is 15.2. The van der Waals surface area contributed by atoms with Gasteiger partial charge in [-0.15, -0.1) is 0 Å². The van der Waals surface area contributed by atoms with Crippen molar-refractivity contribution in [3.05, 3.63) is 65.1 Å². The molecule has 3 heterocycles. The van der Waals surface area contributed by atoms with Crippen LogP contribution in [0.3, 0.4) is 0 Å². The second-order valence-corrected chi connectivity index (χ2v) is 7.50. The summed E-state index contributed by atoms with van der Waals surface area (Å²) in [6.45, 7) is 1.26. The average Bonchev–Trinajstić information content (AvgIpc) is 3.15. The number of piperidine rings is 1. The van der Waals surface area contributed by atoms with Crippen molar-refractivity contribution in [2.24, 2.45) is 0 Å². The number of carbonyl (C=O) groups excluding carboxylic acids is 1. The van der Waals surface area contributed by atoms with Crippen molar-refractivity contribution in [3.63, 3.8) is 0 Å². The van der Waals surface area contributed by atoms with Gasteiger partial charge in [0.05, 0.1) is 11.4 Å². The van der Waals surface area contributed by atoms with Crippen LogP contribution in [-0.4, -0.2) is 54.4 Å². The van der Waals surface area contributed by atoms with Crippen LogP contribution in [0, 0.1) is 0 Å². The number of aromatic nitrogens is 5. The number of hydrogen-bond acceptors (Lipinski definition) is 6. The van der Waals surface area contributed by atoms with Crippen LogP contribution in [0.5, 0.6) is 0 Å².